The Labute approximate surface area is 288 Å². The highest BCUT2D eigenvalue weighted by Gasteiger charge is 2.35. The van der Waals surface area contributed by atoms with Crippen molar-refractivity contribution in [3.8, 4) is 0 Å². The van der Waals surface area contributed by atoms with Crippen LogP contribution in [-0.4, -0.2) is 75.1 Å². The van der Waals surface area contributed by atoms with Gasteiger partial charge in [-0.25, -0.2) is 9.78 Å². The van der Waals surface area contributed by atoms with Crippen LogP contribution in [0.15, 0.2) is 73.2 Å². The van der Waals surface area contributed by atoms with E-state index >= 15 is 0 Å². The lowest BCUT2D eigenvalue weighted by Crippen LogP contribution is -2.59. The number of likely N-dealkylation sites (tertiary alicyclic amines) is 1. The number of carbonyl (C=O) groups is 4. The number of hydrogen-bond donors (Lipinski definition) is 3. The number of imidazole rings is 1. The maximum Gasteiger partial charge on any atom is 0.408 e. The van der Waals surface area contributed by atoms with Gasteiger partial charge < -0.3 is 34.9 Å². The van der Waals surface area contributed by atoms with Crippen molar-refractivity contribution >= 4 is 29.6 Å². The number of ether oxygens (including phenoxy) is 2. The molecule has 2 atom stereocenters. The van der Waals surface area contributed by atoms with Crippen LogP contribution >= 0.6 is 0 Å². The number of carbonyl (C=O) groups excluding carboxylic acids is 4. The van der Waals surface area contributed by atoms with Gasteiger partial charge in [-0.05, 0) is 58.6 Å². The molecule has 0 saturated carbocycles. The Kier molecular flexibility index (Phi) is 13.0. The number of alkyl carbamates (subject to hydrolysis) is 1. The van der Waals surface area contributed by atoms with Crippen molar-refractivity contribution < 1.29 is 28.7 Å². The molecule has 0 bridgehead atoms. The minimum Gasteiger partial charge on any atom is -0.444 e. The molecular weight excluding hydrogens is 624 g/mol. The topological polar surface area (TPSA) is 144 Å². The lowest BCUT2D eigenvalue weighted by Gasteiger charge is -2.29. The van der Waals surface area contributed by atoms with Crippen molar-refractivity contribution in [3.63, 3.8) is 0 Å². The predicted molar refractivity (Wildman–Crippen MR) is 187 cm³/mol. The molecule has 12 heteroatoms. The molecule has 49 heavy (non-hydrogen) atoms. The molecule has 1 fully saturated rings. The molecule has 0 spiro atoms. The first-order chi connectivity index (χ1) is 23.3. The Bertz CT molecular complexity index is 1530. The van der Waals surface area contributed by atoms with Crippen molar-refractivity contribution in [1.82, 2.24) is 25.1 Å². The lowest BCUT2D eigenvalue weighted by molar-refractivity contribution is -0.134. The van der Waals surface area contributed by atoms with E-state index in [1.54, 1.807) is 31.5 Å². The van der Waals surface area contributed by atoms with E-state index < -0.39 is 41.1 Å². The van der Waals surface area contributed by atoms with Crippen LogP contribution in [0.3, 0.4) is 0 Å². The summed E-state index contributed by atoms with van der Waals surface area (Å²) in [5, 5.41) is 8.07. The third-order valence-electron chi connectivity index (χ3n) is 8.07. The number of hydrogen-bond acceptors (Lipinski definition) is 7. The van der Waals surface area contributed by atoms with E-state index in [2.05, 4.69) is 20.9 Å². The minimum atomic E-state index is -1.42. The van der Waals surface area contributed by atoms with Crippen molar-refractivity contribution in [1.29, 1.82) is 0 Å². The second kappa shape index (κ2) is 17.1. The van der Waals surface area contributed by atoms with Crippen molar-refractivity contribution in [2.75, 3.05) is 25.0 Å². The number of benzene rings is 2. The minimum absolute atomic E-state index is 0.0254. The molecule has 1 aromatic heterocycles. The monoisotopic (exact) mass is 674 g/mol. The predicted octanol–water partition coefficient (Wildman–Crippen LogP) is 5.21. The maximum atomic E-state index is 14.0. The molecule has 3 N–H and O–H groups in total. The fraction of sp³-hybridized carbons (Fsp3) is 0.486. The normalized spacial score (nSPS) is 15.2. The van der Waals surface area contributed by atoms with E-state index in [9.17, 15) is 19.2 Å². The van der Waals surface area contributed by atoms with Gasteiger partial charge >= 0.3 is 6.09 Å². The van der Waals surface area contributed by atoms with Crippen molar-refractivity contribution in [3.05, 3.63) is 84.3 Å². The van der Waals surface area contributed by atoms with Crippen molar-refractivity contribution in [2.45, 2.75) is 96.6 Å². The summed E-state index contributed by atoms with van der Waals surface area (Å²) >= 11 is 0. The quantitative estimate of drug-likeness (QED) is 0.239. The fourth-order valence-corrected chi connectivity index (χ4v) is 5.48. The summed E-state index contributed by atoms with van der Waals surface area (Å²) in [5.41, 5.74) is -0.471. The van der Waals surface area contributed by atoms with Gasteiger partial charge in [-0.1, -0.05) is 79.9 Å². The summed E-state index contributed by atoms with van der Waals surface area (Å²) in [6, 6.07) is 17.1. The third kappa shape index (κ3) is 11.4. The van der Waals surface area contributed by atoms with Crippen LogP contribution in [0.2, 0.25) is 0 Å². The Morgan fingerprint density at radius 3 is 2.10 bits per heavy atom. The summed E-state index contributed by atoms with van der Waals surface area (Å²) in [6.45, 7) is 9.65. The summed E-state index contributed by atoms with van der Waals surface area (Å²) in [6.07, 6.45) is 7.69. The standard InChI is InChI=1S/C37H50N6O6/c1-36(2,3)49-35(47)41-37(4,5)34(46)39-29(25-48-24-27-17-11-9-12-18-27)32(44)40-30-23-43(26-38-30)31(28-19-13-10-14-20-28)33(45)42-21-15-7-6-8-16-22-42/h9-14,17-20,23,26,29,31H,6-8,15-16,21-22,24-25H2,1-5H3,(H,39,46)(H,40,44)(H,41,47). The van der Waals surface area contributed by atoms with Gasteiger partial charge in [0.15, 0.2) is 5.82 Å². The fourth-order valence-electron chi connectivity index (χ4n) is 5.48. The smallest absolute Gasteiger partial charge is 0.408 e. The molecule has 0 aliphatic carbocycles. The lowest BCUT2D eigenvalue weighted by atomic mass is 10.0. The van der Waals surface area contributed by atoms with E-state index in [1.807, 2.05) is 65.6 Å². The molecule has 3 aromatic rings. The number of anilines is 1. The molecule has 1 saturated heterocycles. The first kappa shape index (κ1) is 37.1. The number of rotatable bonds is 12. The third-order valence-corrected chi connectivity index (χ3v) is 8.07. The molecule has 4 rings (SSSR count). The van der Waals surface area contributed by atoms with E-state index in [0.29, 0.717) is 13.1 Å². The molecule has 2 heterocycles. The molecule has 4 amide bonds. The maximum absolute atomic E-state index is 14.0. The van der Waals surface area contributed by atoms with Gasteiger partial charge in [0.05, 0.1) is 19.5 Å². The number of amides is 4. The highest BCUT2D eigenvalue weighted by Crippen LogP contribution is 2.24. The van der Waals surface area contributed by atoms with Gasteiger partial charge in [0.2, 0.25) is 11.8 Å². The van der Waals surface area contributed by atoms with Crippen LogP contribution in [0.5, 0.6) is 0 Å². The Morgan fingerprint density at radius 1 is 0.857 bits per heavy atom. The molecule has 0 radical (unpaired) electrons. The van der Waals surface area contributed by atoms with Crippen molar-refractivity contribution in [2.24, 2.45) is 0 Å². The first-order valence-electron chi connectivity index (χ1n) is 16.9. The zero-order valence-electron chi connectivity index (χ0n) is 29.2. The van der Waals surface area contributed by atoms with Crippen LogP contribution in [0, 0.1) is 0 Å². The molecular formula is C37H50N6O6. The van der Waals surface area contributed by atoms with Gasteiger partial charge in [0, 0.05) is 19.3 Å². The highest BCUT2D eigenvalue weighted by atomic mass is 16.6. The summed E-state index contributed by atoms with van der Waals surface area (Å²) in [5.74, 6) is -1.01. The van der Waals surface area contributed by atoms with Gasteiger partial charge in [-0.3, -0.25) is 14.4 Å². The van der Waals surface area contributed by atoms with Crippen LogP contribution < -0.4 is 16.0 Å². The van der Waals surface area contributed by atoms with Gasteiger partial charge in [-0.2, -0.15) is 0 Å². The Balaban J connectivity index is 1.51. The second-order valence-electron chi connectivity index (χ2n) is 13.9. The Hall–Kier alpha value is -4.71. The highest BCUT2D eigenvalue weighted by molar-refractivity contribution is 5.98. The number of aromatic nitrogens is 2. The second-order valence-corrected chi connectivity index (χ2v) is 13.9. The van der Waals surface area contributed by atoms with Crippen LogP contribution in [0.1, 0.15) is 83.9 Å². The summed E-state index contributed by atoms with van der Waals surface area (Å²) in [7, 11) is 0. The van der Waals surface area contributed by atoms with Crippen LogP contribution in [0.4, 0.5) is 10.6 Å². The Morgan fingerprint density at radius 2 is 1.47 bits per heavy atom. The average Bonchev–Trinajstić information content (AvgIpc) is 3.47. The molecule has 2 unspecified atom stereocenters. The first-order valence-corrected chi connectivity index (χ1v) is 16.9. The van der Waals surface area contributed by atoms with Gasteiger partial charge in [0.1, 0.15) is 23.2 Å². The molecule has 2 aromatic carbocycles. The summed E-state index contributed by atoms with van der Waals surface area (Å²) in [4.78, 5) is 59.9. The van der Waals surface area contributed by atoms with Gasteiger partial charge in [-0.15, -0.1) is 0 Å². The van der Waals surface area contributed by atoms with Crippen LogP contribution in [-0.2, 0) is 30.5 Å². The van der Waals surface area contributed by atoms with E-state index in [1.165, 1.54) is 26.6 Å². The molecule has 12 nitrogen and oxygen atoms in total. The van der Waals surface area contributed by atoms with E-state index in [0.717, 1.165) is 36.8 Å². The zero-order chi connectivity index (χ0) is 35.4. The average molecular weight is 675 g/mol. The van der Waals surface area contributed by atoms with Crippen LogP contribution in [0.25, 0.3) is 0 Å². The summed E-state index contributed by atoms with van der Waals surface area (Å²) < 4.78 is 12.9. The number of nitrogens with zero attached hydrogens (tertiary/aromatic N) is 3. The van der Waals surface area contributed by atoms with Gasteiger partial charge in [0.25, 0.3) is 5.91 Å². The largest absolute Gasteiger partial charge is 0.444 e. The van der Waals surface area contributed by atoms with E-state index in [4.69, 9.17) is 9.47 Å². The molecule has 1 aliphatic rings. The molecule has 264 valence electrons. The zero-order valence-corrected chi connectivity index (χ0v) is 29.2. The molecule has 1 aliphatic heterocycles. The van der Waals surface area contributed by atoms with E-state index in [-0.39, 0.29) is 24.9 Å². The number of nitrogens with one attached hydrogen (secondary N) is 3. The SMILES string of the molecule is CC(C)(C)OC(=O)NC(C)(C)C(=O)NC(COCc1ccccc1)C(=O)Nc1cn(C(C(=O)N2CCCCCCC2)c2ccccc2)cn1.